The van der Waals surface area contributed by atoms with Crippen molar-refractivity contribution in [1.82, 2.24) is 4.98 Å². The van der Waals surface area contributed by atoms with Gasteiger partial charge in [-0.05, 0) is 43.2 Å². The standard InChI is InChI=1S/C20H17N3OS/c1-12-7-8-13(2)17(9-12)22-20-23-19(24)18(25-20)10-14-11-21-16-6-4-3-5-15(14)16/h3-11,24H,1-2H3,(H,22,23). The van der Waals surface area contributed by atoms with E-state index in [9.17, 15) is 5.11 Å². The SMILES string of the molecule is Cc1ccc(C)c(Nc2nc(O)c(C=C3C=Nc4ccccc43)s2)c1. The first-order valence-corrected chi connectivity index (χ1v) is 8.81. The molecule has 5 heteroatoms. The number of aliphatic imine (C=N–C) groups is 1. The molecule has 1 aliphatic rings. The minimum atomic E-state index is 0.0306. The predicted octanol–water partition coefficient (Wildman–Crippen LogP) is 5.47. The van der Waals surface area contributed by atoms with Crippen LogP contribution in [0.25, 0.3) is 11.6 Å². The molecule has 0 unspecified atom stereocenters. The molecule has 4 rings (SSSR count). The number of thiazole rings is 1. The molecule has 0 radical (unpaired) electrons. The average Bonchev–Trinajstić information content (AvgIpc) is 3.16. The van der Waals surface area contributed by atoms with Gasteiger partial charge in [-0.2, -0.15) is 4.98 Å². The Morgan fingerprint density at radius 2 is 1.96 bits per heavy atom. The van der Waals surface area contributed by atoms with E-state index in [1.807, 2.05) is 43.5 Å². The maximum Gasteiger partial charge on any atom is 0.231 e. The molecule has 1 aromatic heterocycles. The van der Waals surface area contributed by atoms with Crippen molar-refractivity contribution in [3.8, 4) is 5.88 Å². The Labute approximate surface area is 150 Å². The molecule has 0 aliphatic carbocycles. The van der Waals surface area contributed by atoms with Gasteiger partial charge in [0.05, 0.1) is 10.6 Å². The molecule has 2 N–H and O–H groups in total. The third kappa shape index (κ3) is 3.06. The number of aryl methyl sites for hydroxylation is 2. The minimum Gasteiger partial charge on any atom is -0.492 e. The van der Waals surface area contributed by atoms with Gasteiger partial charge in [-0.15, -0.1) is 0 Å². The topological polar surface area (TPSA) is 57.5 Å². The lowest BCUT2D eigenvalue weighted by Crippen LogP contribution is -1.92. The molecule has 0 saturated heterocycles. The smallest absolute Gasteiger partial charge is 0.231 e. The van der Waals surface area contributed by atoms with Crippen LogP contribution in [0.2, 0.25) is 0 Å². The summed E-state index contributed by atoms with van der Waals surface area (Å²) in [4.78, 5) is 9.36. The van der Waals surface area contributed by atoms with Gasteiger partial charge in [-0.25, -0.2) is 0 Å². The van der Waals surface area contributed by atoms with Crippen molar-refractivity contribution in [2.45, 2.75) is 13.8 Å². The number of fused-ring (bicyclic) bond motifs is 1. The summed E-state index contributed by atoms with van der Waals surface area (Å²) in [5, 5.41) is 14.2. The van der Waals surface area contributed by atoms with Gasteiger partial charge in [0.15, 0.2) is 5.13 Å². The fourth-order valence-corrected chi connectivity index (χ4v) is 3.58. The molecule has 2 heterocycles. The molecule has 0 bridgehead atoms. The molecule has 4 nitrogen and oxygen atoms in total. The number of nitrogens with zero attached hydrogens (tertiary/aromatic N) is 2. The zero-order chi connectivity index (χ0) is 17.4. The summed E-state index contributed by atoms with van der Waals surface area (Å²) in [6.45, 7) is 4.10. The van der Waals surface area contributed by atoms with Crippen molar-refractivity contribution >= 4 is 45.7 Å². The van der Waals surface area contributed by atoms with Gasteiger partial charge in [0.2, 0.25) is 5.88 Å². The molecule has 2 aromatic carbocycles. The summed E-state index contributed by atoms with van der Waals surface area (Å²) < 4.78 is 0. The van der Waals surface area contributed by atoms with Crippen molar-refractivity contribution in [2.24, 2.45) is 4.99 Å². The summed E-state index contributed by atoms with van der Waals surface area (Å²) in [5.41, 5.74) is 6.31. The van der Waals surface area contributed by atoms with Crippen LogP contribution in [0.4, 0.5) is 16.5 Å². The zero-order valence-corrected chi connectivity index (χ0v) is 14.8. The molecular formula is C20H17N3OS. The second-order valence-electron chi connectivity index (χ2n) is 6.03. The highest BCUT2D eigenvalue weighted by Crippen LogP contribution is 2.37. The van der Waals surface area contributed by atoms with E-state index in [1.54, 1.807) is 0 Å². The quantitative estimate of drug-likeness (QED) is 0.661. The molecule has 0 fully saturated rings. The molecule has 0 atom stereocenters. The number of hydrogen-bond acceptors (Lipinski definition) is 5. The fraction of sp³-hybridized carbons (Fsp3) is 0.100. The lowest BCUT2D eigenvalue weighted by Gasteiger charge is -2.07. The Bertz CT molecular complexity index is 1020. The van der Waals surface area contributed by atoms with E-state index in [2.05, 4.69) is 40.4 Å². The Morgan fingerprint density at radius 1 is 1.12 bits per heavy atom. The number of rotatable bonds is 3. The molecule has 1 aliphatic heterocycles. The lowest BCUT2D eigenvalue weighted by atomic mass is 10.1. The molecule has 0 saturated carbocycles. The number of allylic oxidation sites excluding steroid dienone is 1. The van der Waals surface area contributed by atoms with Crippen LogP contribution in [0.3, 0.4) is 0 Å². The van der Waals surface area contributed by atoms with Gasteiger partial charge in [-0.1, -0.05) is 41.7 Å². The summed E-state index contributed by atoms with van der Waals surface area (Å²) >= 11 is 1.42. The summed E-state index contributed by atoms with van der Waals surface area (Å²) in [6.07, 6.45) is 3.75. The number of nitrogens with one attached hydrogen (secondary N) is 1. The second kappa shape index (κ2) is 6.18. The Balaban J connectivity index is 1.65. The largest absolute Gasteiger partial charge is 0.492 e. The van der Waals surface area contributed by atoms with Crippen LogP contribution in [0.1, 0.15) is 21.6 Å². The van der Waals surface area contributed by atoms with E-state index in [1.165, 1.54) is 16.9 Å². The first kappa shape index (κ1) is 15.6. The molecule has 3 aromatic rings. The molecule has 0 spiro atoms. The molecule has 0 amide bonds. The van der Waals surface area contributed by atoms with Crippen LogP contribution in [0, 0.1) is 13.8 Å². The van der Waals surface area contributed by atoms with Crippen LogP contribution in [0.5, 0.6) is 5.88 Å². The number of para-hydroxylation sites is 1. The second-order valence-corrected chi connectivity index (χ2v) is 7.06. The first-order valence-electron chi connectivity index (χ1n) is 7.99. The number of anilines is 2. The van der Waals surface area contributed by atoms with Crippen LogP contribution >= 0.6 is 11.3 Å². The van der Waals surface area contributed by atoms with Gasteiger partial charge in [0.25, 0.3) is 0 Å². The van der Waals surface area contributed by atoms with Crippen molar-refractivity contribution in [2.75, 3.05) is 5.32 Å². The van der Waals surface area contributed by atoms with Gasteiger partial charge < -0.3 is 10.4 Å². The van der Waals surface area contributed by atoms with Gasteiger partial charge >= 0.3 is 0 Å². The highest BCUT2D eigenvalue weighted by Gasteiger charge is 2.15. The highest BCUT2D eigenvalue weighted by atomic mass is 32.1. The third-order valence-electron chi connectivity index (χ3n) is 4.11. The Hall–Kier alpha value is -2.92. The summed E-state index contributed by atoms with van der Waals surface area (Å²) in [7, 11) is 0. The third-order valence-corrected chi connectivity index (χ3v) is 5.02. The van der Waals surface area contributed by atoms with Crippen molar-refractivity contribution in [1.29, 1.82) is 0 Å². The maximum atomic E-state index is 10.2. The van der Waals surface area contributed by atoms with Crippen LogP contribution in [-0.4, -0.2) is 16.3 Å². The van der Waals surface area contributed by atoms with Crippen molar-refractivity contribution in [3.63, 3.8) is 0 Å². The van der Waals surface area contributed by atoms with Crippen molar-refractivity contribution in [3.05, 3.63) is 64.0 Å². The molecule has 124 valence electrons. The van der Waals surface area contributed by atoms with E-state index in [-0.39, 0.29) is 5.88 Å². The fourth-order valence-electron chi connectivity index (χ4n) is 2.75. The zero-order valence-electron chi connectivity index (χ0n) is 13.9. The Morgan fingerprint density at radius 3 is 2.84 bits per heavy atom. The van der Waals surface area contributed by atoms with Gasteiger partial charge in [0.1, 0.15) is 0 Å². The summed E-state index contributed by atoms with van der Waals surface area (Å²) in [5.74, 6) is 0.0306. The lowest BCUT2D eigenvalue weighted by molar-refractivity contribution is 0.457. The van der Waals surface area contributed by atoms with E-state index in [4.69, 9.17) is 0 Å². The van der Waals surface area contributed by atoms with E-state index >= 15 is 0 Å². The Kier molecular flexibility index (Phi) is 3.86. The predicted molar refractivity (Wildman–Crippen MR) is 105 cm³/mol. The molecular weight excluding hydrogens is 330 g/mol. The van der Waals surface area contributed by atoms with Gasteiger partial charge in [0, 0.05) is 23.0 Å². The molecule has 25 heavy (non-hydrogen) atoms. The number of benzene rings is 2. The number of hydrogen-bond donors (Lipinski definition) is 2. The number of aromatic hydroxyl groups is 1. The van der Waals surface area contributed by atoms with Gasteiger partial charge in [-0.3, -0.25) is 4.99 Å². The number of aromatic nitrogens is 1. The average molecular weight is 347 g/mol. The van der Waals surface area contributed by atoms with Crippen molar-refractivity contribution < 1.29 is 5.11 Å². The van der Waals surface area contributed by atoms with Crippen LogP contribution in [0.15, 0.2) is 47.5 Å². The highest BCUT2D eigenvalue weighted by molar-refractivity contribution is 7.16. The van der Waals surface area contributed by atoms with E-state index in [0.29, 0.717) is 10.0 Å². The normalized spacial score (nSPS) is 14.1. The summed E-state index contributed by atoms with van der Waals surface area (Å²) in [6, 6.07) is 14.2. The van der Waals surface area contributed by atoms with E-state index in [0.717, 1.165) is 28.1 Å². The van der Waals surface area contributed by atoms with Crippen LogP contribution < -0.4 is 5.32 Å². The van der Waals surface area contributed by atoms with E-state index < -0.39 is 0 Å². The minimum absolute atomic E-state index is 0.0306. The monoisotopic (exact) mass is 347 g/mol. The maximum absolute atomic E-state index is 10.2. The first-order chi connectivity index (χ1) is 12.1. The van der Waals surface area contributed by atoms with Crippen LogP contribution in [-0.2, 0) is 0 Å².